The van der Waals surface area contributed by atoms with E-state index in [0.717, 1.165) is 36.1 Å². The third-order valence-electron chi connectivity index (χ3n) is 6.64. The normalized spacial score (nSPS) is 19.0. The molecule has 2 aromatic heterocycles. The Morgan fingerprint density at radius 1 is 1.26 bits per heavy atom. The molecule has 3 heterocycles. The average molecular weight is 422 g/mol. The van der Waals surface area contributed by atoms with Crippen molar-refractivity contribution in [2.24, 2.45) is 0 Å². The summed E-state index contributed by atoms with van der Waals surface area (Å²) < 4.78 is 5.39. The molecule has 2 amide bonds. The van der Waals surface area contributed by atoms with Gasteiger partial charge in [0.1, 0.15) is 0 Å². The summed E-state index contributed by atoms with van der Waals surface area (Å²) >= 11 is 0. The van der Waals surface area contributed by atoms with Gasteiger partial charge in [0.2, 0.25) is 11.8 Å². The molecule has 1 N–H and O–H groups in total. The lowest BCUT2D eigenvalue weighted by atomic mass is 9.85. The number of nitrogens with zero attached hydrogens (tertiary/aromatic N) is 4. The van der Waals surface area contributed by atoms with Gasteiger partial charge in [-0.15, -0.1) is 0 Å². The molecule has 1 aliphatic carbocycles. The summed E-state index contributed by atoms with van der Waals surface area (Å²) in [7, 11) is 0. The minimum absolute atomic E-state index is 0.00452. The number of carbonyl (C=O) groups excluding carboxylic acids is 2. The fourth-order valence-corrected chi connectivity index (χ4v) is 4.63. The molecule has 1 saturated heterocycles. The first-order valence-corrected chi connectivity index (χ1v) is 11.0. The summed E-state index contributed by atoms with van der Waals surface area (Å²) in [5.41, 5.74) is 1.65. The molecule has 31 heavy (non-hydrogen) atoms. The number of carbonyl (C=O) groups is 2. The van der Waals surface area contributed by atoms with Gasteiger partial charge in [-0.2, -0.15) is 4.98 Å². The molecular weight excluding hydrogens is 394 g/mol. The molecule has 8 nitrogen and oxygen atoms in total. The van der Waals surface area contributed by atoms with Gasteiger partial charge < -0.3 is 19.3 Å². The third-order valence-corrected chi connectivity index (χ3v) is 6.64. The maximum atomic E-state index is 13.2. The van der Waals surface area contributed by atoms with E-state index in [1.807, 2.05) is 40.3 Å². The van der Waals surface area contributed by atoms with E-state index in [2.05, 4.69) is 15.1 Å². The first-order valence-electron chi connectivity index (χ1n) is 11.0. The van der Waals surface area contributed by atoms with Crippen LogP contribution in [0.15, 0.2) is 35.0 Å². The predicted octanol–water partition coefficient (Wildman–Crippen LogP) is 3.12. The van der Waals surface area contributed by atoms with Crippen molar-refractivity contribution in [3.63, 3.8) is 0 Å². The van der Waals surface area contributed by atoms with Gasteiger partial charge in [-0.1, -0.05) is 17.6 Å². The number of hydrogen-bond acceptors (Lipinski definition) is 5. The van der Waals surface area contributed by atoms with E-state index in [1.165, 1.54) is 6.42 Å². The Morgan fingerprint density at radius 2 is 2.13 bits per heavy atom. The molecule has 3 aromatic rings. The van der Waals surface area contributed by atoms with Crippen LogP contribution in [0.25, 0.3) is 10.9 Å². The molecular formula is C23H27N5O3. The van der Waals surface area contributed by atoms with Crippen molar-refractivity contribution in [1.29, 1.82) is 0 Å². The van der Waals surface area contributed by atoms with Gasteiger partial charge >= 0.3 is 0 Å². The number of aromatic nitrogens is 3. The fraction of sp³-hybridized carbons (Fsp3) is 0.478. The number of benzene rings is 1. The molecule has 5 rings (SSSR count). The van der Waals surface area contributed by atoms with Crippen LogP contribution >= 0.6 is 0 Å². The molecule has 0 bridgehead atoms. The average Bonchev–Trinajstić information content (AvgIpc) is 3.46. The monoisotopic (exact) mass is 421 g/mol. The van der Waals surface area contributed by atoms with E-state index in [0.29, 0.717) is 43.4 Å². The zero-order chi connectivity index (χ0) is 21.4. The van der Waals surface area contributed by atoms with E-state index in [-0.39, 0.29) is 17.9 Å². The lowest BCUT2D eigenvalue weighted by molar-refractivity contribution is -0.130. The molecule has 1 atom stereocenters. The second-order valence-electron chi connectivity index (χ2n) is 8.58. The molecule has 8 heteroatoms. The molecule has 0 radical (unpaired) electrons. The van der Waals surface area contributed by atoms with E-state index in [1.54, 1.807) is 6.92 Å². The maximum absolute atomic E-state index is 13.2. The van der Waals surface area contributed by atoms with Gasteiger partial charge in [-0.05, 0) is 37.5 Å². The number of H-pyrrole nitrogens is 1. The molecule has 162 valence electrons. The van der Waals surface area contributed by atoms with Gasteiger partial charge in [0.05, 0.1) is 6.04 Å². The number of hydrogen-bond donors (Lipinski definition) is 1. The molecule has 1 unspecified atom stereocenters. The Morgan fingerprint density at radius 3 is 2.90 bits per heavy atom. The highest BCUT2D eigenvalue weighted by Gasteiger charge is 2.33. The molecule has 1 aromatic carbocycles. The molecule has 0 spiro atoms. The van der Waals surface area contributed by atoms with Crippen LogP contribution in [-0.2, 0) is 11.2 Å². The van der Waals surface area contributed by atoms with Crippen LogP contribution in [0.2, 0.25) is 0 Å². The van der Waals surface area contributed by atoms with Crippen LogP contribution in [0, 0.1) is 0 Å². The summed E-state index contributed by atoms with van der Waals surface area (Å²) in [6, 6.07) is 7.66. The number of rotatable bonds is 6. The molecule has 2 aliphatic rings. The highest BCUT2D eigenvalue weighted by atomic mass is 16.5. The fourth-order valence-electron chi connectivity index (χ4n) is 4.63. The topological polar surface area (TPSA) is 95.3 Å². The minimum Gasteiger partial charge on any atom is -0.361 e. The zero-order valence-corrected chi connectivity index (χ0v) is 17.7. The molecule has 1 aliphatic heterocycles. The van der Waals surface area contributed by atoms with Crippen molar-refractivity contribution in [2.45, 2.75) is 51.0 Å². The summed E-state index contributed by atoms with van der Waals surface area (Å²) in [5, 5.41) is 5.02. The Bertz CT molecular complexity index is 1100. The van der Waals surface area contributed by atoms with Crippen LogP contribution in [0.3, 0.4) is 0 Å². The second-order valence-corrected chi connectivity index (χ2v) is 8.58. The summed E-state index contributed by atoms with van der Waals surface area (Å²) in [6.45, 7) is 3.29. The standard InChI is InChI=1S/C23H27N5O3/c1-15(29)28(13-10-21-25-22(31-26-21)16-4-2-5-16)17-9-12-27(14-17)23(30)19-6-3-7-20-18(19)8-11-24-20/h3,6-8,11,16-17,24H,2,4-5,9-10,12-14H2,1H3. The Kier molecular flexibility index (Phi) is 5.21. The number of aromatic amines is 1. The SMILES string of the molecule is CC(=O)N(CCc1noc(C2CCC2)n1)C1CCN(C(=O)c2cccc3[nH]ccc23)C1. The van der Waals surface area contributed by atoms with Crippen molar-refractivity contribution in [3.05, 3.63) is 47.7 Å². The van der Waals surface area contributed by atoms with Crippen molar-refractivity contribution < 1.29 is 14.1 Å². The quantitative estimate of drug-likeness (QED) is 0.660. The van der Waals surface area contributed by atoms with Gasteiger partial charge in [0.25, 0.3) is 5.91 Å². The van der Waals surface area contributed by atoms with Crippen LogP contribution < -0.4 is 0 Å². The maximum Gasteiger partial charge on any atom is 0.254 e. The molecule has 1 saturated carbocycles. The minimum atomic E-state index is 0.00452. The zero-order valence-electron chi connectivity index (χ0n) is 17.7. The highest BCUT2D eigenvalue weighted by Crippen LogP contribution is 2.35. The summed E-state index contributed by atoms with van der Waals surface area (Å²) in [6.07, 6.45) is 6.63. The number of nitrogens with one attached hydrogen (secondary N) is 1. The van der Waals surface area contributed by atoms with Crippen LogP contribution in [0.5, 0.6) is 0 Å². The third kappa shape index (κ3) is 3.82. The number of likely N-dealkylation sites (tertiary alicyclic amines) is 1. The molecule has 2 fully saturated rings. The van der Waals surface area contributed by atoms with Gasteiger partial charge in [0, 0.05) is 61.6 Å². The number of amides is 2. The van der Waals surface area contributed by atoms with Gasteiger partial charge in [-0.25, -0.2) is 0 Å². The Labute approximate surface area is 180 Å². The lowest BCUT2D eigenvalue weighted by Gasteiger charge is -2.27. The first-order chi connectivity index (χ1) is 15.1. The van der Waals surface area contributed by atoms with Crippen molar-refractivity contribution in [3.8, 4) is 0 Å². The van der Waals surface area contributed by atoms with Crippen LogP contribution in [0.1, 0.15) is 60.6 Å². The summed E-state index contributed by atoms with van der Waals surface area (Å²) in [4.78, 5) is 36.9. The summed E-state index contributed by atoms with van der Waals surface area (Å²) in [5.74, 6) is 1.81. The van der Waals surface area contributed by atoms with E-state index in [4.69, 9.17) is 4.52 Å². The van der Waals surface area contributed by atoms with Crippen molar-refractivity contribution in [1.82, 2.24) is 24.9 Å². The Balaban J connectivity index is 1.23. The van der Waals surface area contributed by atoms with E-state index < -0.39 is 0 Å². The van der Waals surface area contributed by atoms with Crippen molar-refractivity contribution >= 4 is 22.7 Å². The smallest absolute Gasteiger partial charge is 0.254 e. The van der Waals surface area contributed by atoms with Gasteiger partial charge in [0.15, 0.2) is 5.82 Å². The Hall–Kier alpha value is -3.16. The first kappa shape index (κ1) is 19.8. The van der Waals surface area contributed by atoms with Gasteiger partial charge in [-0.3, -0.25) is 9.59 Å². The number of fused-ring (bicyclic) bond motifs is 1. The lowest BCUT2D eigenvalue weighted by Crippen LogP contribution is -2.42. The second kappa shape index (κ2) is 8.17. The van der Waals surface area contributed by atoms with Crippen molar-refractivity contribution in [2.75, 3.05) is 19.6 Å². The predicted molar refractivity (Wildman–Crippen MR) is 115 cm³/mol. The van der Waals surface area contributed by atoms with Crippen LogP contribution in [0.4, 0.5) is 0 Å². The highest BCUT2D eigenvalue weighted by molar-refractivity contribution is 6.06. The van der Waals surface area contributed by atoms with E-state index in [9.17, 15) is 9.59 Å². The van der Waals surface area contributed by atoms with E-state index >= 15 is 0 Å². The largest absolute Gasteiger partial charge is 0.361 e. The van der Waals surface area contributed by atoms with Crippen LogP contribution in [-0.4, -0.2) is 62.4 Å².